The topological polar surface area (TPSA) is 44.8 Å². The molecule has 25 heavy (non-hydrogen) atoms. The van der Waals surface area contributed by atoms with Gasteiger partial charge in [-0.15, -0.1) is 0 Å². The van der Waals surface area contributed by atoms with Crippen LogP contribution in [0.4, 0.5) is 11.4 Å². The number of rotatable bonds is 4. The molecule has 0 radical (unpaired) electrons. The van der Waals surface area contributed by atoms with Crippen molar-refractivity contribution in [1.29, 1.82) is 0 Å². The van der Waals surface area contributed by atoms with Gasteiger partial charge in [-0.1, -0.05) is 12.1 Å². The summed E-state index contributed by atoms with van der Waals surface area (Å²) in [6, 6.07) is 15.2. The summed E-state index contributed by atoms with van der Waals surface area (Å²) in [5.41, 5.74) is 3.19. The van der Waals surface area contributed by atoms with Gasteiger partial charge in [0.1, 0.15) is 11.4 Å². The molecule has 0 unspecified atom stereocenters. The lowest BCUT2D eigenvalue weighted by atomic mass is 10.1. The number of ether oxygens (including phenoxy) is 1. The van der Waals surface area contributed by atoms with Gasteiger partial charge >= 0.3 is 0 Å². The minimum atomic E-state index is -0.174. The van der Waals surface area contributed by atoms with Crippen LogP contribution in [0.15, 0.2) is 54.2 Å². The number of hydrogen-bond acceptors (Lipinski definition) is 4. The summed E-state index contributed by atoms with van der Waals surface area (Å²) in [4.78, 5) is 16.2. The third-order valence-corrected chi connectivity index (χ3v) is 4.21. The summed E-state index contributed by atoms with van der Waals surface area (Å²) in [6.45, 7) is 0. The Morgan fingerprint density at radius 2 is 1.72 bits per heavy atom. The summed E-state index contributed by atoms with van der Waals surface area (Å²) in [5, 5.41) is 3.36. The van der Waals surface area contributed by atoms with E-state index in [9.17, 15) is 4.79 Å². The van der Waals surface area contributed by atoms with E-state index >= 15 is 0 Å². The number of methoxy groups -OCH3 is 1. The Bertz CT molecular complexity index is 827. The van der Waals surface area contributed by atoms with Crippen LogP contribution >= 0.6 is 12.2 Å². The van der Waals surface area contributed by atoms with Crippen LogP contribution in [-0.4, -0.2) is 32.2 Å². The van der Waals surface area contributed by atoms with E-state index in [1.165, 1.54) is 4.90 Å². The molecule has 2 aromatic rings. The monoisotopic (exact) mass is 353 g/mol. The van der Waals surface area contributed by atoms with Gasteiger partial charge in [-0.3, -0.25) is 9.69 Å². The Labute approximate surface area is 152 Å². The zero-order valence-corrected chi connectivity index (χ0v) is 15.1. The normalized spacial score (nSPS) is 15.5. The first-order chi connectivity index (χ1) is 12.0. The van der Waals surface area contributed by atoms with Gasteiger partial charge in [0, 0.05) is 19.8 Å². The van der Waals surface area contributed by atoms with Crippen molar-refractivity contribution in [3.05, 3.63) is 59.8 Å². The van der Waals surface area contributed by atoms with Crippen molar-refractivity contribution < 1.29 is 9.53 Å². The molecular formula is C19H19N3O2S. The zero-order chi connectivity index (χ0) is 18.0. The zero-order valence-electron chi connectivity index (χ0n) is 14.3. The molecule has 1 saturated heterocycles. The summed E-state index contributed by atoms with van der Waals surface area (Å²) in [5.74, 6) is 0.554. The quantitative estimate of drug-likeness (QED) is 0.676. The second-order valence-electron chi connectivity index (χ2n) is 5.81. The lowest BCUT2D eigenvalue weighted by Gasteiger charge is -2.14. The highest BCUT2D eigenvalue weighted by molar-refractivity contribution is 7.80. The van der Waals surface area contributed by atoms with E-state index in [0.717, 1.165) is 17.0 Å². The van der Waals surface area contributed by atoms with E-state index in [4.69, 9.17) is 17.0 Å². The molecule has 0 atom stereocenters. The predicted octanol–water partition coefficient (Wildman–Crippen LogP) is 3.02. The summed E-state index contributed by atoms with van der Waals surface area (Å²) >= 11 is 5.32. The fourth-order valence-corrected chi connectivity index (χ4v) is 2.83. The second kappa shape index (κ2) is 6.94. The first-order valence-electron chi connectivity index (χ1n) is 7.78. The number of nitrogens with zero attached hydrogens (tertiary/aromatic N) is 2. The van der Waals surface area contributed by atoms with E-state index < -0.39 is 0 Å². The number of amides is 1. The molecule has 1 amide bonds. The lowest BCUT2D eigenvalue weighted by molar-refractivity contribution is -0.113. The maximum Gasteiger partial charge on any atom is 0.281 e. The van der Waals surface area contributed by atoms with Crippen LogP contribution in [0.5, 0.6) is 5.75 Å². The maximum absolute atomic E-state index is 12.7. The minimum absolute atomic E-state index is 0.174. The summed E-state index contributed by atoms with van der Waals surface area (Å²) in [6.07, 6.45) is 1.80. The van der Waals surface area contributed by atoms with E-state index in [0.29, 0.717) is 16.5 Å². The Hall–Kier alpha value is -2.86. The number of nitrogens with one attached hydrogen (secondary N) is 1. The smallest absolute Gasteiger partial charge is 0.281 e. The Morgan fingerprint density at radius 3 is 2.28 bits per heavy atom. The van der Waals surface area contributed by atoms with Crippen LogP contribution in [0.2, 0.25) is 0 Å². The number of carbonyl (C=O) groups is 1. The molecule has 2 aromatic carbocycles. The SMILES string of the molecule is COc1ccc(N2C(=O)/C(=C\c3ccc(N(C)C)cc3)NC2=S)cc1. The van der Waals surface area contributed by atoms with Gasteiger partial charge in [-0.05, 0) is 60.3 Å². The molecule has 1 heterocycles. The van der Waals surface area contributed by atoms with Crippen LogP contribution in [0, 0.1) is 0 Å². The van der Waals surface area contributed by atoms with Gasteiger partial charge in [-0.2, -0.15) is 0 Å². The van der Waals surface area contributed by atoms with Crippen molar-refractivity contribution in [3.63, 3.8) is 0 Å². The van der Waals surface area contributed by atoms with E-state index in [2.05, 4.69) is 5.32 Å². The molecule has 1 aliphatic heterocycles. The standard InChI is InChI=1S/C19H19N3O2S/c1-21(2)14-6-4-13(5-7-14)12-17-18(23)22(19(25)20-17)15-8-10-16(24-3)11-9-15/h4-12H,1-3H3,(H,20,25)/b17-12+. The molecule has 1 aliphatic rings. The predicted molar refractivity (Wildman–Crippen MR) is 105 cm³/mol. The highest BCUT2D eigenvalue weighted by Gasteiger charge is 2.31. The van der Waals surface area contributed by atoms with E-state index in [1.54, 1.807) is 37.5 Å². The van der Waals surface area contributed by atoms with Crippen LogP contribution in [0.1, 0.15) is 5.56 Å². The molecule has 0 spiro atoms. The summed E-state index contributed by atoms with van der Waals surface area (Å²) in [7, 11) is 5.58. The van der Waals surface area contributed by atoms with Gasteiger partial charge in [-0.25, -0.2) is 0 Å². The van der Waals surface area contributed by atoms with Crippen molar-refractivity contribution in [3.8, 4) is 5.75 Å². The number of anilines is 2. The first kappa shape index (κ1) is 17.0. The Morgan fingerprint density at radius 1 is 1.08 bits per heavy atom. The average molecular weight is 353 g/mol. The van der Waals surface area contributed by atoms with Gasteiger partial charge in [0.25, 0.3) is 5.91 Å². The third kappa shape index (κ3) is 3.49. The lowest BCUT2D eigenvalue weighted by Crippen LogP contribution is -2.30. The van der Waals surface area contributed by atoms with Crippen molar-refractivity contribution in [2.45, 2.75) is 0 Å². The van der Waals surface area contributed by atoms with Gasteiger partial charge in [0.15, 0.2) is 5.11 Å². The van der Waals surface area contributed by atoms with Crippen LogP contribution in [-0.2, 0) is 4.79 Å². The molecule has 128 valence electrons. The maximum atomic E-state index is 12.7. The molecule has 0 bridgehead atoms. The van der Waals surface area contributed by atoms with Crippen LogP contribution < -0.4 is 19.9 Å². The molecule has 0 aliphatic carbocycles. The number of hydrogen-bond donors (Lipinski definition) is 1. The van der Waals surface area contributed by atoms with Crippen molar-refractivity contribution >= 4 is 40.7 Å². The molecule has 0 saturated carbocycles. The molecule has 1 fully saturated rings. The van der Waals surface area contributed by atoms with Crippen molar-refractivity contribution in [2.75, 3.05) is 31.0 Å². The number of carbonyl (C=O) groups excluding carboxylic acids is 1. The summed E-state index contributed by atoms with van der Waals surface area (Å²) < 4.78 is 5.15. The molecule has 5 nitrogen and oxygen atoms in total. The first-order valence-corrected chi connectivity index (χ1v) is 8.19. The highest BCUT2D eigenvalue weighted by Crippen LogP contribution is 2.25. The second-order valence-corrected chi connectivity index (χ2v) is 6.20. The molecular weight excluding hydrogens is 334 g/mol. The van der Waals surface area contributed by atoms with Gasteiger partial charge in [0.2, 0.25) is 0 Å². The minimum Gasteiger partial charge on any atom is -0.497 e. The molecule has 1 N–H and O–H groups in total. The third-order valence-electron chi connectivity index (χ3n) is 3.93. The van der Waals surface area contributed by atoms with Crippen LogP contribution in [0.25, 0.3) is 6.08 Å². The van der Waals surface area contributed by atoms with E-state index in [-0.39, 0.29) is 5.91 Å². The molecule has 3 rings (SSSR count). The largest absolute Gasteiger partial charge is 0.497 e. The Balaban J connectivity index is 1.84. The van der Waals surface area contributed by atoms with Crippen molar-refractivity contribution in [1.82, 2.24) is 5.32 Å². The molecule has 6 heteroatoms. The number of benzene rings is 2. The van der Waals surface area contributed by atoms with Gasteiger partial charge < -0.3 is 15.0 Å². The highest BCUT2D eigenvalue weighted by atomic mass is 32.1. The van der Waals surface area contributed by atoms with Crippen molar-refractivity contribution in [2.24, 2.45) is 0 Å². The molecule has 0 aromatic heterocycles. The average Bonchev–Trinajstić information content (AvgIpc) is 2.89. The number of thiocarbonyl (C=S) groups is 1. The van der Waals surface area contributed by atoms with E-state index in [1.807, 2.05) is 43.3 Å². The van der Waals surface area contributed by atoms with Gasteiger partial charge in [0.05, 0.1) is 12.8 Å². The fraction of sp³-hybridized carbons (Fsp3) is 0.158. The fourth-order valence-electron chi connectivity index (χ4n) is 2.54. The van der Waals surface area contributed by atoms with Crippen LogP contribution in [0.3, 0.4) is 0 Å². The Kier molecular flexibility index (Phi) is 4.72.